The van der Waals surface area contributed by atoms with Gasteiger partial charge in [0, 0.05) is 31.4 Å². The van der Waals surface area contributed by atoms with Gasteiger partial charge >= 0.3 is 6.18 Å². The molecule has 2 aliphatic rings. The van der Waals surface area contributed by atoms with Crippen LogP contribution >= 0.6 is 11.5 Å². The second-order valence-corrected chi connectivity index (χ2v) is 9.29. The fourth-order valence-corrected chi connectivity index (χ4v) is 4.75. The van der Waals surface area contributed by atoms with Crippen LogP contribution in [-0.2, 0) is 0 Å². The first-order valence-electron chi connectivity index (χ1n) is 11.5. The van der Waals surface area contributed by atoms with Crippen molar-refractivity contribution in [3.05, 3.63) is 47.2 Å². The molecule has 2 aliphatic heterocycles. The number of hydrogen-bond donors (Lipinski definition) is 3. The van der Waals surface area contributed by atoms with Crippen LogP contribution in [0.15, 0.2) is 35.1 Å². The zero-order valence-corrected chi connectivity index (χ0v) is 20.6. The molecule has 0 spiro atoms. The van der Waals surface area contributed by atoms with Gasteiger partial charge in [-0.3, -0.25) is 4.79 Å². The third-order valence-electron chi connectivity index (χ3n) is 5.87. The molecule has 0 unspecified atom stereocenters. The number of nitrogens with one attached hydrogen (secondary N) is 3. The summed E-state index contributed by atoms with van der Waals surface area (Å²) in [5, 5.41) is 8.09. The van der Waals surface area contributed by atoms with Gasteiger partial charge in [0.25, 0.3) is 5.91 Å². The van der Waals surface area contributed by atoms with Gasteiger partial charge < -0.3 is 25.6 Å². The first-order valence-corrected chi connectivity index (χ1v) is 12.3. The van der Waals surface area contributed by atoms with Crippen molar-refractivity contribution in [2.45, 2.75) is 32.0 Å². The number of allylic oxidation sites excluding steroid dienone is 1. The van der Waals surface area contributed by atoms with Gasteiger partial charge in [-0.1, -0.05) is 0 Å². The van der Waals surface area contributed by atoms with Gasteiger partial charge in [-0.2, -0.15) is 17.5 Å². The Labute approximate surface area is 213 Å². The summed E-state index contributed by atoms with van der Waals surface area (Å²) >= 11 is 0.962. The van der Waals surface area contributed by atoms with Crippen LogP contribution in [-0.4, -0.2) is 66.2 Å². The summed E-state index contributed by atoms with van der Waals surface area (Å²) in [6.45, 7) is 2.66. The number of carbonyl (C=O) groups excluding carboxylic acids is 1. The standard InChI is InChI=1S/C23H25F5N6O2S/c1-13-20(22(37-33-13)32-19-12-29-18(11-30-19)23(26,27)28)21(35)31-14-2-3-16(25)17(10-14)36-15-4-7-34(8-5-15)9-6-24/h2-3,10-11,15,29H,4-9,12H2,1H3,(H,30,32)(H,31,35). The molecule has 0 radical (unpaired) electrons. The number of carbonyl (C=O) groups is 1. The van der Waals surface area contributed by atoms with Crippen molar-refractivity contribution in [2.24, 2.45) is 4.99 Å². The van der Waals surface area contributed by atoms with Crippen LogP contribution in [0.25, 0.3) is 0 Å². The van der Waals surface area contributed by atoms with Crippen molar-refractivity contribution in [2.75, 3.05) is 43.5 Å². The van der Waals surface area contributed by atoms with Gasteiger partial charge in [-0.05, 0) is 43.4 Å². The van der Waals surface area contributed by atoms with Gasteiger partial charge in [0.05, 0.1) is 24.0 Å². The van der Waals surface area contributed by atoms with E-state index < -0.39 is 30.3 Å². The number of anilines is 2. The van der Waals surface area contributed by atoms with Crippen molar-refractivity contribution in [1.29, 1.82) is 0 Å². The zero-order valence-electron chi connectivity index (χ0n) is 19.8. The summed E-state index contributed by atoms with van der Waals surface area (Å²) in [6.07, 6.45) is -2.84. The molecule has 0 atom stereocenters. The first kappa shape index (κ1) is 26.8. The average Bonchev–Trinajstić information content (AvgIpc) is 3.22. The van der Waals surface area contributed by atoms with E-state index in [2.05, 4.69) is 25.3 Å². The van der Waals surface area contributed by atoms with Crippen molar-refractivity contribution in [1.82, 2.24) is 14.6 Å². The summed E-state index contributed by atoms with van der Waals surface area (Å²) in [5.41, 5.74) is -0.0803. The zero-order chi connectivity index (χ0) is 26.6. The number of ether oxygens (including phenoxy) is 1. The van der Waals surface area contributed by atoms with Crippen molar-refractivity contribution >= 4 is 34.0 Å². The smallest absolute Gasteiger partial charge is 0.432 e. The molecule has 8 nitrogen and oxygen atoms in total. The van der Waals surface area contributed by atoms with Gasteiger partial charge in [0.2, 0.25) is 0 Å². The molecule has 1 saturated heterocycles. The van der Waals surface area contributed by atoms with E-state index in [1.807, 2.05) is 4.90 Å². The van der Waals surface area contributed by atoms with E-state index in [9.17, 15) is 26.7 Å². The highest BCUT2D eigenvalue weighted by molar-refractivity contribution is 7.11. The highest BCUT2D eigenvalue weighted by Crippen LogP contribution is 2.30. The number of benzene rings is 1. The normalized spacial score (nSPS) is 17.0. The minimum atomic E-state index is -4.54. The van der Waals surface area contributed by atoms with Gasteiger partial charge in [-0.25, -0.2) is 13.8 Å². The lowest BCUT2D eigenvalue weighted by Gasteiger charge is -2.31. The van der Waals surface area contributed by atoms with E-state index >= 15 is 0 Å². The third kappa shape index (κ3) is 6.74. The number of amidine groups is 1. The Morgan fingerprint density at radius 1 is 1.30 bits per heavy atom. The monoisotopic (exact) mass is 544 g/mol. The van der Waals surface area contributed by atoms with Gasteiger partial charge in [0.1, 0.15) is 29.3 Å². The molecular weight excluding hydrogens is 519 g/mol. The molecule has 0 aliphatic carbocycles. The molecule has 1 aromatic carbocycles. The highest BCUT2D eigenvalue weighted by atomic mass is 32.1. The Bertz CT molecular complexity index is 1190. The van der Waals surface area contributed by atoms with Gasteiger partial charge in [0.15, 0.2) is 11.6 Å². The maximum Gasteiger partial charge on any atom is 0.432 e. The quantitative estimate of drug-likeness (QED) is 0.446. The maximum absolute atomic E-state index is 14.4. The molecule has 14 heteroatoms. The Kier molecular flexibility index (Phi) is 8.27. The Morgan fingerprint density at radius 2 is 2.05 bits per heavy atom. The molecule has 3 N–H and O–H groups in total. The SMILES string of the molecule is Cc1nsc(NC2=NC=C(C(F)(F)F)NC2)c1C(=O)Nc1ccc(F)c(OC2CCN(CCF)CC2)c1. The molecule has 0 saturated carbocycles. The largest absolute Gasteiger partial charge is 0.487 e. The predicted octanol–water partition coefficient (Wildman–Crippen LogP) is 4.47. The predicted molar refractivity (Wildman–Crippen MR) is 130 cm³/mol. The number of hydrogen-bond acceptors (Lipinski definition) is 8. The fraction of sp³-hybridized carbons (Fsp3) is 0.435. The molecule has 37 heavy (non-hydrogen) atoms. The van der Waals surface area contributed by atoms with E-state index in [4.69, 9.17) is 4.74 Å². The number of nitrogens with zero attached hydrogens (tertiary/aromatic N) is 3. The minimum absolute atomic E-state index is 0.00449. The summed E-state index contributed by atoms with van der Waals surface area (Å²) in [6, 6.07) is 3.97. The number of likely N-dealkylation sites (tertiary alicyclic amines) is 1. The van der Waals surface area contributed by atoms with E-state index in [1.54, 1.807) is 6.92 Å². The Hall–Kier alpha value is -3.26. The molecule has 1 fully saturated rings. The summed E-state index contributed by atoms with van der Waals surface area (Å²) in [5.74, 6) is -0.938. The van der Waals surface area contributed by atoms with Gasteiger partial charge in [-0.15, -0.1) is 0 Å². The van der Waals surface area contributed by atoms with E-state index in [0.717, 1.165) is 11.5 Å². The summed E-state index contributed by atoms with van der Waals surface area (Å²) in [4.78, 5) is 18.8. The second-order valence-electron chi connectivity index (χ2n) is 8.51. The van der Waals surface area contributed by atoms with Crippen LogP contribution in [0.3, 0.4) is 0 Å². The molecule has 2 aromatic rings. The number of rotatable bonds is 7. The average molecular weight is 545 g/mol. The maximum atomic E-state index is 14.4. The third-order valence-corrected chi connectivity index (χ3v) is 6.72. The molecule has 1 amide bonds. The first-order chi connectivity index (χ1) is 17.6. The summed E-state index contributed by atoms with van der Waals surface area (Å²) < 4.78 is 75.3. The molecular formula is C23H25F5N6O2S. The molecule has 0 bridgehead atoms. The molecule has 200 valence electrons. The number of aryl methyl sites for hydroxylation is 1. The van der Waals surface area contributed by atoms with Crippen LogP contribution in [0.2, 0.25) is 0 Å². The van der Waals surface area contributed by atoms with E-state index in [0.29, 0.717) is 55.1 Å². The Balaban J connectivity index is 1.42. The fourth-order valence-electron chi connectivity index (χ4n) is 3.93. The molecule has 3 heterocycles. The van der Waals surface area contributed by atoms with E-state index in [1.165, 1.54) is 18.2 Å². The highest BCUT2D eigenvalue weighted by Gasteiger charge is 2.35. The van der Waals surface area contributed by atoms with Crippen molar-refractivity contribution < 1.29 is 31.5 Å². The van der Waals surface area contributed by atoms with Crippen LogP contribution in [0, 0.1) is 12.7 Å². The number of halogens is 5. The second kappa shape index (κ2) is 11.4. The van der Waals surface area contributed by atoms with Crippen molar-refractivity contribution in [3.8, 4) is 5.75 Å². The number of aromatic nitrogens is 1. The molecule has 1 aromatic heterocycles. The number of piperidine rings is 1. The number of amides is 1. The van der Waals surface area contributed by atoms with Crippen LogP contribution < -0.4 is 20.7 Å². The topological polar surface area (TPSA) is 90.9 Å². The van der Waals surface area contributed by atoms with Crippen LogP contribution in [0.4, 0.5) is 32.6 Å². The lowest BCUT2D eigenvalue weighted by molar-refractivity contribution is -0.0966. The lowest BCUT2D eigenvalue weighted by atomic mass is 10.1. The minimum Gasteiger partial charge on any atom is -0.487 e. The lowest BCUT2D eigenvalue weighted by Crippen LogP contribution is -2.39. The van der Waals surface area contributed by atoms with Crippen molar-refractivity contribution in [3.63, 3.8) is 0 Å². The summed E-state index contributed by atoms with van der Waals surface area (Å²) in [7, 11) is 0. The Morgan fingerprint density at radius 3 is 2.70 bits per heavy atom. The number of aliphatic imine (C=N–C) groups is 1. The molecule has 4 rings (SSSR count). The van der Waals surface area contributed by atoms with Crippen LogP contribution in [0.1, 0.15) is 28.9 Å². The van der Waals surface area contributed by atoms with E-state index in [-0.39, 0.29) is 29.8 Å². The number of alkyl halides is 4. The van der Waals surface area contributed by atoms with Crippen LogP contribution in [0.5, 0.6) is 5.75 Å².